The molecule has 0 spiro atoms. The predicted octanol–water partition coefficient (Wildman–Crippen LogP) is 3.24. The molecule has 0 aliphatic rings. The van der Waals surface area contributed by atoms with Gasteiger partial charge in [0.1, 0.15) is 0 Å². The van der Waals surface area contributed by atoms with Gasteiger partial charge >= 0.3 is 0 Å². The number of halogens is 1. The van der Waals surface area contributed by atoms with Gasteiger partial charge < -0.3 is 5.32 Å². The van der Waals surface area contributed by atoms with E-state index in [1.54, 1.807) is 31.3 Å². The predicted molar refractivity (Wildman–Crippen MR) is 80.9 cm³/mol. The number of carbonyl (C=O) groups excluding carboxylic acids is 1. The number of aromatic nitrogens is 1. The summed E-state index contributed by atoms with van der Waals surface area (Å²) >= 11 is 3.25. The molecule has 0 saturated carbocycles. The van der Waals surface area contributed by atoms with E-state index in [9.17, 15) is 14.9 Å². The SMILES string of the molecule is CC(NC(=O)c1cncc(Br)c1)c1cccc([N+](=O)[O-])c1. The normalized spacial score (nSPS) is 11.7. The van der Waals surface area contributed by atoms with Gasteiger partial charge in [0.15, 0.2) is 0 Å². The average molecular weight is 350 g/mol. The fraction of sp³-hybridized carbons (Fsp3) is 0.143. The number of rotatable bonds is 4. The van der Waals surface area contributed by atoms with E-state index in [0.717, 1.165) is 0 Å². The van der Waals surface area contributed by atoms with Crippen LogP contribution >= 0.6 is 15.9 Å². The third kappa shape index (κ3) is 3.85. The van der Waals surface area contributed by atoms with Gasteiger partial charge in [0, 0.05) is 29.0 Å². The molecular formula is C14H12BrN3O3. The van der Waals surface area contributed by atoms with Crippen molar-refractivity contribution in [3.8, 4) is 0 Å². The van der Waals surface area contributed by atoms with Gasteiger partial charge in [0.2, 0.25) is 0 Å². The zero-order valence-corrected chi connectivity index (χ0v) is 12.7. The van der Waals surface area contributed by atoms with E-state index in [1.807, 2.05) is 0 Å². The molecule has 1 heterocycles. The molecule has 1 aromatic heterocycles. The number of hydrogen-bond acceptors (Lipinski definition) is 4. The lowest BCUT2D eigenvalue weighted by Crippen LogP contribution is -2.26. The van der Waals surface area contributed by atoms with Gasteiger partial charge in [-0.2, -0.15) is 0 Å². The fourth-order valence-electron chi connectivity index (χ4n) is 1.81. The number of hydrogen-bond donors (Lipinski definition) is 1. The van der Waals surface area contributed by atoms with E-state index in [0.29, 0.717) is 15.6 Å². The van der Waals surface area contributed by atoms with Crippen LogP contribution in [0.25, 0.3) is 0 Å². The quantitative estimate of drug-likeness (QED) is 0.678. The maximum Gasteiger partial charge on any atom is 0.269 e. The molecular weight excluding hydrogens is 338 g/mol. The highest BCUT2D eigenvalue weighted by Gasteiger charge is 2.14. The highest BCUT2D eigenvalue weighted by molar-refractivity contribution is 9.10. The van der Waals surface area contributed by atoms with Crippen LogP contribution in [-0.4, -0.2) is 15.8 Å². The monoisotopic (exact) mass is 349 g/mol. The fourth-order valence-corrected chi connectivity index (χ4v) is 2.17. The molecule has 0 fully saturated rings. The highest BCUT2D eigenvalue weighted by Crippen LogP contribution is 2.19. The Morgan fingerprint density at radius 1 is 1.38 bits per heavy atom. The van der Waals surface area contributed by atoms with Gasteiger partial charge in [-0.15, -0.1) is 0 Å². The highest BCUT2D eigenvalue weighted by atomic mass is 79.9. The summed E-state index contributed by atoms with van der Waals surface area (Å²) in [5, 5.41) is 13.5. The van der Waals surface area contributed by atoms with Crippen LogP contribution in [0.2, 0.25) is 0 Å². The summed E-state index contributed by atoms with van der Waals surface area (Å²) in [4.78, 5) is 26.3. The Bertz CT molecular complexity index is 691. The molecule has 1 N–H and O–H groups in total. The van der Waals surface area contributed by atoms with Gasteiger partial charge in [0.25, 0.3) is 11.6 Å². The van der Waals surface area contributed by atoms with E-state index in [-0.39, 0.29) is 17.6 Å². The summed E-state index contributed by atoms with van der Waals surface area (Å²) in [6.45, 7) is 1.77. The van der Waals surface area contributed by atoms with E-state index < -0.39 is 4.92 Å². The van der Waals surface area contributed by atoms with E-state index >= 15 is 0 Å². The van der Waals surface area contributed by atoms with Crippen LogP contribution in [0.1, 0.15) is 28.9 Å². The lowest BCUT2D eigenvalue weighted by Gasteiger charge is -2.14. The number of non-ortho nitro benzene ring substituents is 1. The van der Waals surface area contributed by atoms with Crippen molar-refractivity contribution in [1.82, 2.24) is 10.3 Å². The van der Waals surface area contributed by atoms with E-state index in [2.05, 4.69) is 26.2 Å². The first-order valence-electron chi connectivity index (χ1n) is 6.13. The molecule has 1 atom stereocenters. The van der Waals surface area contributed by atoms with Gasteiger partial charge in [0.05, 0.1) is 16.5 Å². The molecule has 0 bridgehead atoms. The van der Waals surface area contributed by atoms with Crippen molar-refractivity contribution in [3.05, 3.63) is 68.4 Å². The topological polar surface area (TPSA) is 85.1 Å². The Hall–Kier alpha value is -2.28. The van der Waals surface area contributed by atoms with E-state index in [4.69, 9.17) is 0 Å². The maximum atomic E-state index is 12.1. The number of nitrogens with zero attached hydrogens (tertiary/aromatic N) is 2. The summed E-state index contributed by atoms with van der Waals surface area (Å²) in [5.74, 6) is -0.289. The molecule has 1 unspecified atom stereocenters. The first-order chi connectivity index (χ1) is 9.97. The summed E-state index contributed by atoms with van der Waals surface area (Å²) in [6, 6.07) is 7.49. The zero-order chi connectivity index (χ0) is 15.4. The number of nitro groups is 1. The molecule has 0 aliphatic heterocycles. The third-order valence-electron chi connectivity index (χ3n) is 2.90. The summed E-state index contributed by atoms with van der Waals surface area (Å²) in [5.41, 5.74) is 1.08. The molecule has 108 valence electrons. The molecule has 6 nitrogen and oxygen atoms in total. The number of nitro benzene ring substituents is 1. The number of carbonyl (C=O) groups is 1. The summed E-state index contributed by atoms with van der Waals surface area (Å²) < 4.78 is 0.707. The van der Waals surface area contributed by atoms with E-state index in [1.165, 1.54) is 18.3 Å². The van der Waals surface area contributed by atoms with Crippen LogP contribution in [-0.2, 0) is 0 Å². The van der Waals surface area contributed by atoms with Crippen LogP contribution in [0, 0.1) is 10.1 Å². The average Bonchev–Trinajstić information content (AvgIpc) is 2.47. The van der Waals surface area contributed by atoms with Crippen molar-refractivity contribution < 1.29 is 9.72 Å². The number of benzene rings is 1. The van der Waals surface area contributed by atoms with Crippen LogP contribution in [0.4, 0.5) is 5.69 Å². The molecule has 0 saturated heterocycles. The smallest absolute Gasteiger partial charge is 0.269 e. The first kappa shape index (κ1) is 15.1. The first-order valence-corrected chi connectivity index (χ1v) is 6.92. The Morgan fingerprint density at radius 3 is 2.81 bits per heavy atom. The number of pyridine rings is 1. The molecule has 2 rings (SSSR count). The molecule has 0 aliphatic carbocycles. The van der Waals surface area contributed by atoms with Crippen molar-refractivity contribution in [2.45, 2.75) is 13.0 Å². The lowest BCUT2D eigenvalue weighted by molar-refractivity contribution is -0.384. The van der Waals surface area contributed by atoms with Crippen molar-refractivity contribution in [2.75, 3.05) is 0 Å². The van der Waals surface area contributed by atoms with Gasteiger partial charge in [-0.3, -0.25) is 19.9 Å². The largest absolute Gasteiger partial charge is 0.345 e. The van der Waals surface area contributed by atoms with Crippen LogP contribution in [0.5, 0.6) is 0 Å². The second-order valence-electron chi connectivity index (χ2n) is 4.44. The van der Waals surface area contributed by atoms with Crippen molar-refractivity contribution in [3.63, 3.8) is 0 Å². The maximum absolute atomic E-state index is 12.1. The molecule has 2 aromatic rings. The Kier molecular flexibility index (Phi) is 4.64. The molecule has 21 heavy (non-hydrogen) atoms. The second-order valence-corrected chi connectivity index (χ2v) is 5.35. The third-order valence-corrected chi connectivity index (χ3v) is 3.33. The molecule has 1 amide bonds. The minimum absolute atomic E-state index is 0.00211. The Labute approximate surface area is 129 Å². The van der Waals surface area contributed by atoms with Crippen molar-refractivity contribution >= 4 is 27.5 Å². The second kappa shape index (κ2) is 6.45. The van der Waals surface area contributed by atoms with Gasteiger partial charge in [-0.25, -0.2) is 0 Å². The lowest BCUT2D eigenvalue weighted by atomic mass is 10.1. The standard InChI is InChI=1S/C14H12BrN3O3/c1-9(10-3-2-4-13(6-10)18(20)21)17-14(19)11-5-12(15)8-16-7-11/h2-9H,1H3,(H,17,19). The number of nitrogens with one attached hydrogen (secondary N) is 1. The Morgan fingerprint density at radius 2 is 2.14 bits per heavy atom. The molecule has 1 aromatic carbocycles. The van der Waals surface area contributed by atoms with Gasteiger partial charge in [-0.05, 0) is 34.5 Å². The minimum atomic E-state index is -0.462. The van der Waals surface area contributed by atoms with Crippen molar-refractivity contribution in [1.29, 1.82) is 0 Å². The molecule has 7 heteroatoms. The van der Waals surface area contributed by atoms with Crippen LogP contribution < -0.4 is 5.32 Å². The Balaban J connectivity index is 2.14. The van der Waals surface area contributed by atoms with Crippen LogP contribution in [0.15, 0.2) is 47.2 Å². The minimum Gasteiger partial charge on any atom is -0.345 e. The molecule has 0 radical (unpaired) electrons. The summed E-state index contributed by atoms with van der Waals surface area (Å²) in [7, 11) is 0. The number of amides is 1. The van der Waals surface area contributed by atoms with Crippen molar-refractivity contribution in [2.24, 2.45) is 0 Å². The van der Waals surface area contributed by atoms with Gasteiger partial charge in [-0.1, -0.05) is 12.1 Å². The van der Waals surface area contributed by atoms with Crippen LogP contribution in [0.3, 0.4) is 0 Å². The summed E-state index contributed by atoms with van der Waals surface area (Å²) in [6.07, 6.45) is 3.04. The zero-order valence-electron chi connectivity index (χ0n) is 11.1.